The van der Waals surface area contributed by atoms with Crippen LogP contribution in [0.5, 0.6) is 0 Å². The van der Waals surface area contributed by atoms with Crippen molar-refractivity contribution in [3.05, 3.63) is 41.3 Å². The lowest BCUT2D eigenvalue weighted by Gasteiger charge is -2.02. The predicted molar refractivity (Wildman–Crippen MR) is 51.8 cm³/mol. The van der Waals surface area contributed by atoms with Crippen LogP contribution in [0.1, 0.15) is 0 Å². The van der Waals surface area contributed by atoms with Crippen LogP contribution in [0, 0.1) is 5.82 Å². The topological polar surface area (TPSA) is 49.3 Å². The fourth-order valence-electron chi connectivity index (χ4n) is 0.809. The first-order valence-corrected chi connectivity index (χ1v) is 4.08. The van der Waals surface area contributed by atoms with Crippen LogP contribution >= 0.6 is 11.6 Å². The van der Waals surface area contributed by atoms with Crippen LogP contribution in [0.25, 0.3) is 0 Å². The number of nitrogens with one attached hydrogen (secondary N) is 1. The fraction of sp³-hybridized carbons (Fsp3) is 0. The Kier molecular flexibility index (Phi) is 3.48. The van der Waals surface area contributed by atoms with Gasteiger partial charge in [-0.25, -0.2) is 9.18 Å². The largest absolute Gasteiger partial charge is 0.478 e. The third-order valence-corrected chi connectivity index (χ3v) is 1.71. The van der Waals surface area contributed by atoms with E-state index in [2.05, 4.69) is 5.32 Å². The fourth-order valence-corrected chi connectivity index (χ4v) is 1.03. The molecule has 1 rings (SSSR count). The highest BCUT2D eigenvalue weighted by Gasteiger charge is 1.99. The second kappa shape index (κ2) is 4.62. The van der Waals surface area contributed by atoms with E-state index in [0.717, 1.165) is 12.1 Å². The molecule has 1 aromatic rings. The lowest BCUT2D eigenvalue weighted by atomic mass is 10.3. The Bertz CT molecular complexity index is 379. The van der Waals surface area contributed by atoms with Gasteiger partial charge >= 0.3 is 5.97 Å². The van der Waals surface area contributed by atoms with Crippen molar-refractivity contribution in [2.45, 2.75) is 0 Å². The van der Waals surface area contributed by atoms with E-state index in [0.29, 0.717) is 5.69 Å². The molecule has 2 N–H and O–H groups in total. The van der Waals surface area contributed by atoms with Crippen molar-refractivity contribution in [1.82, 2.24) is 0 Å². The number of rotatable bonds is 3. The SMILES string of the molecule is O=C(O)/C=C/Nc1ccc(F)cc1Cl. The molecule has 0 spiro atoms. The molecule has 0 atom stereocenters. The number of benzene rings is 1. The lowest BCUT2D eigenvalue weighted by Crippen LogP contribution is -1.93. The zero-order valence-electron chi connectivity index (χ0n) is 7.00. The van der Waals surface area contributed by atoms with Gasteiger partial charge in [0.2, 0.25) is 0 Å². The molecule has 0 bridgehead atoms. The Hall–Kier alpha value is -1.55. The average molecular weight is 216 g/mol. The highest BCUT2D eigenvalue weighted by Crippen LogP contribution is 2.22. The molecule has 0 unspecified atom stereocenters. The number of hydrogen-bond acceptors (Lipinski definition) is 2. The van der Waals surface area contributed by atoms with Gasteiger partial charge in [0, 0.05) is 12.3 Å². The predicted octanol–water partition coefficient (Wildman–Crippen LogP) is 2.49. The Morgan fingerprint density at radius 1 is 1.57 bits per heavy atom. The second-order valence-corrected chi connectivity index (χ2v) is 2.85. The van der Waals surface area contributed by atoms with E-state index in [1.54, 1.807) is 0 Å². The maximum atomic E-state index is 12.6. The van der Waals surface area contributed by atoms with E-state index in [1.165, 1.54) is 18.3 Å². The Labute approximate surface area is 84.8 Å². The van der Waals surface area contributed by atoms with Crippen molar-refractivity contribution >= 4 is 23.3 Å². The summed E-state index contributed by atoms with van der Waals surface area (Å²) in [5.41, 5.74) is 0.450. The van der Waals surface area contributed by atoms with Crippen molar-refractivity contribution < 1.29 is 14.3 Å². The molecule has 0 fully saturated rings. The molecule has 0 amide bonds. The third-order valence-electron chi connectivity index (χ3n) is 1.40. The zero-order valence-corrected chi connectivity index (χ0v) is 7.75. The summed E-state index contributed by atoms with van der Waals surface area (Å²) >= 11 is 5.66. The van der Waals surface area contributed by atoms with Gasteiger partial charge in [-0.2, -0.15) is 0 Å². The molecule has 1 aromatic carbocycles. The van der Waals surface area contributed by atoms with E-state index in [4.69, 9.17) is 16.7 Å². The molecule has 5 heteroatoms. The van der Waals surface area contributed by atoms with Gasteiger partial charge in [0.1, 0.15) is 5.82 Å². The summed E-state index contributed by atoms with van der Waals surface area (Å²) in [6.07, 6.45) is 2.13. The molecular weight excluding hydrogens is 209 g/mol. The van der Waals surface area contributed by atoms with E-state index in [9.17, 15) is 9.18 Å². The summed E-state index contributed by atoms with van der Waals surface area (Å²) in [5, 5.41) is 11.1. The first-order chi connectivity index (χ1) is 6.59. The van der Waals surface area contributed by atoms with Crippen LogP contribution in [0.4, 0.5) is 10.1 Å². The molecular formula is C9H7ClFNO2. The van der Waals surface area contributed by atoms with E-state index >= 15 is 0 Å². The van der Waals surface area contributed by atoms with E-state index in [1.807, 2.05) is 0 Å². The van der Waals surface area contributed by atoms with Gasteiger partial charge in [-0.1, -0.05) is 11.6 Å². The minimum atomic E-state index is -1.07. The summed E-state index contributed by atoms with van der Waals surface area (Å²) in [5.74, 6) is -1.52. The number of anilines is 1. The normalized spacial score (nSPS) is 10.4. The highest BCUT2D eigenvalue weighted by molar-refractivity contribution is 6.33. The summed E-state index contributed by atoms with van der Waals surface area (Å²) in [6.45, 7) is 0. The summed E-state index contributed by atoms with van der Waals surface area (Å²) in [6, 6.07) is 3.78. The molecule has 0 aliphatic carbocycles. The van der Waals surface area contributed by atoms with Crippen LogP contribution < -0.4 is 5.32 Å². The molecule has 74 valence electrons. The van der Waals surface area contributed by atoms with Crippen molar-refractivity contribution in [2.75, 3.05) is 5.32 Å². The first-order valence-electron chi connectivity index (χ1n) is 3.70. The molecule has 14 heavy (non-hydrogen) atoms. The zero-order chi connectivity index (χ0) is 10.6. The average Bonchev–Trinajstić information content (AvgIpc) is 2.08. The molecule has 0 saturated heterocycles. The molecule has 0 aromatic heterocycles. The maximum absolute atomic E-state index is 12.6. The molecule has 0 saturated carbocycles. The molecule has 0 aliphatic heterocycles. The Morgan fingerprint density at radius 2 is 2.29 bits per heavy atom. The molecule has 0 aliphatic rings. The van der Waals surface area contributed by atoms with E-state index in [-0.39, 0.29) is 5.02 Å². The number of carboxylic acids is 1. The lowest BCUT2D eigenvalue weighted by molar-refractivity contribution is -0.131. The summed E-state index contributed by atoms with van der Waals surface area (Å²) < 4.78 is 12.6. The van der Waals surface area contributed by atoms with E-state index < -0.39 is 11.8 Å². The van der Waals surface area contributed by atoms with Crippen molar-refractivity contribution in [3.8, 4) is 0 Å². The van der Waals surface area contributed by atoms with Crippen LogP contribution in [-0.4, -0.2) is 11.1 Å². The van der Waals surface area contributed by atoms with Gasteiger partial charge in [0.05, 0.1) is 10.7 Å². The standard InChI is InChI=1S/C9H7ClFNO2/c10-7-5-6(11)1-2-8(7)12-4-3-9(13)14/h1-5,12H,(H,13,14)/b4-3+. The highest BCUT2D eigenvalue weighted by atomic mass is 35.5. The number of carboxylic acid groups (broad SMARTS) is 1. The van der Waals surface area contributed by atoms with Gasteiger partial charge in [-0.05, 0) is 18.2 Å². The molecule has 3 nitrogen and oxygen atoms in total. The van der Waals surface area contributed by atoms with Crippen LogP contribution in [0.15, 0.2) is 30.5 Å². The van der Waals surface area contributed by atoms with Crippen molar-refractivity contribution in [2.24, 2.45) is 0 Å². The van der Waals surface area contributed by atoms with Gasteiger partial charge < -0.3 is 10.4 Å². The first kappa shape index (κ1) is 10.5. The number of carbonyl (C=O) groups is 1. The second-order valence-electron chi connectivity index (χ2n) is 2.44. The van der Waals surface area contributed by atoms with Crippen LogP contribution in [-0.2, 0) is 4.79 Å². The van der Waals surface area contributed by atoms with Gasteiger partial charge in [-0.15, -0.1) is 0 Å². The minimum absolute atomic E-state index is 0.194. The Balaban J connectivity index is 2.73. The number of aliphatic carboxylic acids is 1. The van der Waals surface area contributed by atoms with Gasteiger partial charge in [0.25, 0.3) is 0 Å². The summed E-state index contributed by atoms with van der Waals surface area (Å²) in [7, 11) is 0. The van der Waals surface area contributed by atoms with Crippen LogP contribution in [0.3, 0.4) is 0 Å². The molecule has 0 radical (unpaired) electrons. The summed E-state index contributed by atoms with van der Waals surface area (Å²) in [4.78, 5) is 10.1. The molecule has 0 heterocycles. The van der Waals surface area contributed by atoms with Crippen molar-refractivity contribution in [1.29, 1.82) is 0 Å². The number of halogens is 2. The van der Waals surface area contributed by atoms with Crippen LogP contribution in [0.2, 0.25) is 5.02 Å². The monoisotopic (exact) mass is 215 g/mol. The number of hydrogen-bond donors (Lipinski definition) is 2. The van der Waals surface area contributed by atoms with Gasteiger partial charge in [0.15, 0.2) is 0 Å². The quantitative estimate of drug-likeness (QED) is 0.762. The smallest absolute Gasteiger partial charge is 0.329 e. The van der Waals surface area contributed by atoms with Gasteiger partial charge in [-0.3, -0.25) is 0 Å². The minimum Gasteiger partial charge on any atom is -0.478 e. The third kappa shape index (κ3) is 3.06. The van der Waals surface area contributed by atoms with Crippen molar-refractivity contribution in [3.63, 3.8) is 0 Å². The maximum Gasteiger partial charge on any atom is 0.329 e. The Morgan fingerprint density at radius 3 is 2.86 bits per heavy atom.